The minimum absolute atomic E-state index is 0.0924. The lowest BCUT2D eigenvalue weighted by atomic mass is 10.1. The van der Waals surface area contributed by atoms with Crippen LogP contribution in [0.1, 0.15) is 18.4 Å². The smallest absolute Gasteiger partial charge is 0.308 e. The average molecular weight is 236 g/mol. The van der Waals surface area contributed by atoms with Crippen molar-refractivity contribution in [2.75, 3.05) is 6.61 Å². The van der Waals surface area contributed by atoms with E-state index in [1.54, 1.807) is 0 Å². The Bertz CT molecular complexity index is 363. The van der Waals surface area contributed by atoms with Crippen LogP contribution in [-0.4, -0.2) is 29.9 Å². The van der Waals surface area contributed by atoms with E-state index in [2.05, 4.69) is 0 Å². The van der Waals surface area contributed by atoms with Gasteiger partial charge in [-0.05, 0) is 5.56 Å². The first-order chi connectivity index (χ1) is 8.24. The van der Waals surface area contributed by atoms with Crippen LogP contribution in [0.15, 0.2) is 30.3 Å². The Morgan fingerprint density at radius 2 is 2.12 bits per heavy atom. The Kier molecular flexibility index (Phi) is 4.12. The van der Waals surface area contributed by atoms with Crippen molar-refractivity contribution in [2.45, 2.75) is 31.7 Å². The minimum Gasteiger partial charge on any atom is -0.460 e. The maximum Gasteiger partial charge on any atom is 0.308 e. The summed E-state index contributed by atoms with van der Waals surface area (Å²) in [5.74, 6) is -0.350. The van der Waals surface area contributed by atoms with Gasteiger partial charge in [-0.2, -0.15) is 0 Å². The number of benzene rings is 1. The third-order valence-corrected chi connectivity index (χ3v) is 2.65. The summed E-state index contributed by atoms with van der Waals surface area (Å²) in [5, 5.41) is 9.41. The van der Waals surface area contributed by atoms with Crippen LogP contribution >= 0.6 is 0 Å². The molecule has 1 heterocycles. The van der Waals surface area contributed by atoms with E-state index >= 15 is 0 Å². The van der Waals surface area contributed by atoms with Gasteiger partial charge in [0.1, 0.15) is 6.10 Å². The Labute approximate surface area is 100 Å². The number of hydrogen-bond donors (Lipinski definition) is 1. The Morgan fingerprint density at radius 3 is 2.82 bits per heavy atom. The standard InChI is InChI=1S/C13H16O4/c14-11-6-12(17-13(15)7-11)9-16-8-10-4-2-1-3-5-10/h1-5,11-12,14H,6-9H2/t11-,12+/m0/s1. The van der Waals surface area contributed by atoms with Gasteiger partial charge in [-0.1, -0.05) is 30.3 Å². The van der Waals surface area contributed by atoms with Crippen LogP contribution in [0, 0.1) is 0 Å². The van der Waals surface area contributed by atoms with E-state index in [0.717, 1.165) is 5.56 Å². The molecule has 0 aliphatic carbocycles. The lowest BCUT2D eigenvalue weighted by Gasteiger charge is -2.25. The maximum atomic E-state index is 11.1. The third kappa shape index (κ3) is 3.84. The summed E-state index contributed by atoms with van der Waals surface area (Å²) in [4.78, 5) is 11.1. The molecule has 1 aromatic rings. The molecule has 1 aliphatic rings. The van der Waals surface area contributed by atoms with Gasteiger partial charge >= 0.3 is 5.97 Å². The molecular formula is C13H16O4. The zero-order valence-electron chi connectivity index (χ0n) is 9.54. The molecule has 4 nitrogen and oxygen atoms in total. The van der Waals surface area contributed by atoms with E-state index in [1.807, 2.05) is 30.3 Å². The molecule has 2 atom stereocenters. The van der Waals surface area contributed by atoms with Gasteiger partial charge in [0.15, 0.2) is 0 Å². The fourth-order valence-electron chi connectivity index (χ4n) is 1.85. The highest BCUT2D eigenvalue weighted by Gasteiger charge is 2.27. The van der Waals surface area contributed by atoms with E-state index in [9.17, 15) is 9.90 Å². The summed E-state index contributed by atoms with van der Waals surface area (Å²) < 4.78 is 10.5. The average Bonchev–Trinajstić information content (AvgIpc) is 2.29. The lowest BCUT2D eigenvalue weighted by Crippen LogP contribution is -2.35. The molecule has 1 fully saturated rings. The number of rotatable bonds is 4. The largest absolute Gasteiger partial charge is 0.460 e. The molecule has 0 radical (unpaired) electrons. The molecule has 1 saturated heterocycles. The first-order valence-electron chi connectivity index (χ1n) is 5.73. The van der Waals surface area contributed by atoms with Crippen molar-refractivity contribution in [2.24, 2.45) is 0 Å². The van der Waals surface area contributed by atoms with Gasteiger partial charge in [0, 0.05) is 6.42 Å². The molecule has 4 heteroatoms. The highest BCUT2D eigenvalue weighted by Crippen LogP contribution is 2.15. The van der Waals surface area contributed by atoms with E-state index in [-0.39, 0.29) is 18.5 Å². The molecule has 1 aliphatic heterocycles. The van der Waals surface area contributed by atoms with Crippen molar-refractivity contribution in [3.05, 3.63) is 35.9 Å². The number of ether oxygens (including phenoxy) is 2. The summed E-state index contributed by atoms with van der Waals surface area (Å²) in [7, 11) is 0. The second-order valence-corrected chi connectivity index (χ2v) is 4.21. The predicted octanol–water partition coefficient (Wildman–Crippen LogP) is 1.27. The van der Waals surface area contributed by atoms with Crippen molar-refractivity contribution in [3.63, 3.8) is 0 Å². The molecule has 0 amide bonds. The molecule has 0 unspecified atom stereocenters. The van der Waals surface area contributed by atoms with Crippen molar-refractivity contribution in [1.29, 1.82) is 0 Å². The molecule has 1 N–H and O–H groups in total. The maximum absolute atomic E-state index is 11.1. The van der Waals surface area contributed by atoms with Gasteiger partial charge in [0.25, 0.3) is 0 Å². The first kappa shape index (κ1) is 12.1. The number of carbonyl (C=O) groups excluding carboxylic acids is 1. The van der Waals surface area contributed by atoms with Crippen molar-refractivity contribution >= 4 is 5.97 Å². The van der Waals surface area contributed by atoms with Crippen molar-refractivity contribution in [1.82, 2.24) is 0 Å². The number of aliphatic hydroxyl groups excluding tert-OH is 1. The molecule has 1 aromatic carbocycles. The summed E-state index contributed by atoms with van der Waals surface area (Å²) in [6.07, 6.45) is -0.369. The van der Waals surface area contributed by atoms with Crippen LogP contribution in [0.4, 0.5) is 0 Å². The zero-order chi connectivity index (χ0) is 12.1. The van der Waals surface area contributed by atoms with Crippen molar-refractivity contribution in [3.8, 4) is 0 Å². The number of cyclic esters (lactones) is 1. The number of aliphatic hydroxyl groups is 1. The zero-order valence-corrected chi connectivity index (χ0v) is 9.54. The lowest BCUT2D eigenvalue weighted by molar-refractivity contribution is -0.164. The van der Waals surface area contributed by atoms with E-state index in [1.165, 1.54) is 0 Å². The molecule has 0 aromatic heterocycles. The van der Waals surface area contributed by atoms with Gasteiger partial charge in [-0.3, -0.25) is 4.79 Å². The number of esters is 1. The van der Waals surface area contributed by atoms with Gasteiger partial charge in [0.2, 0.25) is 0 Å². The van der Waals surface area contributed by atoms with Gasteiger partial charge in [-0.25, -0.2) is 0 Å². The molecule has 92 valence electrons. The molecule has 0 saturated carbocycles. The monoisotopic (exact) mass is 236 g/mol. The van der Waals surface area contributed by atoms with Crippen LogP contribution in [-0.2, 0) is 20.9 Å². The molecule has 2 rings (SSSR count). The Balaban J connectivity index is 1.73. The topological polar surface area (TPSA) is 55.8 Å². The van der Waals surface area contributed by atoms with Crippen LogP contribution in [0.5, 0.6) is 0 Å². The van der Waals surface area contributed by atoms with Gasteiger partial charge in [-0.15, -0.1) is 0 Å². The fraction of sp³-hybridized carbons (Fsp3) is 0.462. The minimum atomic E-state index is -0.596. The number of hydrogen-bond acceptors (Lipinski definition) is 4. The normalized spacial score (nSPS) is 24.4. The Morgan fingerprint density at radius 1 is 1.35 bits per heavy atom. The Hall–Kier alpha value is -1.39. The van der Waals surface area contributed by atoms with E-state index < -0.39 is 6.10 Å². The fourth-order valence-corrected chi connectivity index (χ4v) is 1.85. The summed E-state index contributed by atoms with van der Waals surface area (Å²) in [6.45, 7) is 0.822. The SMILES string of the molecule is O=C1C[C@@H](O)C[C@H](COCc2ccccc2)O1. The number of carbonyl (C=O) groups is 1. The summed E-state index contributed by atoms with van der Waals surface area (Å²) in [5.41, 5.74) is 1.08. The van der Waals surface area contributed by atoms with Gasteiger partial charge in [0.05, 0.1) is 25.7 Å². The van der Waals surface area contributed by atoms with Crippen LogP contribution in [0.25, 0.3) is 0 Å². The first-order valence-corrected chi connectivity index (χ1v) is 5.73. The highest BCUT2D eigenvalue weighted by molar-refractivity contribution is 5.70. The van der Waals surface area contributed by atoms with Gasteiger partial charge < -0.3 is 14.6 Å². The van der Waals surface area contributed by atoms with E-state index in [0.29, 0.717) is 19.6 Å². The van der Waals surface area contributed by atoms with Crippen LogP contribution < -0.4 is 0 Å². The second-order valence-electron chi connectivity index (χ2n) is 4.21. The molecular weight excluding hydrogens is 220 g/mol. The quantitative estimate of drug-likeness (QED) is 0.800. The summed E-state index contributed by atoms with van der Waals surface area (Å²) >= 11 is 0. The van der Waals surface area contributed by atoms with Crippen molar-refractivity contribution < 1.29 is 19.4 Å². The predicted molar refractivity (Wildman–Crippen MR) is 61.2 cm³/mol. The molecule has 17 heavy (non-hydrogen) atoms. The second kappa shape index (κ2) is 5.80. The van der Waals surface area contributed by atoms with Crippen LogP contribution in [0.3, 0.4) is 0 Å². The molecule has 0 spiro atoms. The molecule has 0 bridgehead atoms. The third-order valence-electron chi connectivity index (χ3n) is 2.65. The highest BCUT2D eigenvalue weighted by atomic mass is 16.6. The van der Waals surface area contributed by atoms with E-state index in [4.69, 9.17) is 9.47 Å². The van der Waals surface area contributed by atoms with Crippen LogP contribution in [0.2, 0.25) is 0 Å². The summed E-state index contributed by atoms with van der Waals surface area (Å²) in [6, 6.07) is 9.79.